The van der Waals surface area contributed by atoms with E-state index in [1.807, 2.05) is 0 Å². The van der Waals surface area contributed by atoms with Crippen LogP contribution in [0.2, 0.25) is 0 Å². The Bertz CT molecular complexity index is 1420. The minimum Gasteiger partial charge on any atom is -0.340 e. The first-order valence-corrected chi connectivity index (χ1v) is 24.5. The van der Waals surface area contributed by atoms with E-state index in [4.69, 9.17) is 0 Å². The van der Waals surface area contributed by atoms with Gasteiger partial charge in [-0.1, -0.05) is 181 Å². The second-order valence-corrected chi connectivity index (χ2v) is 18.0. The highest BCUT2D eigenvalue weighted by atomic mass is 79.9. The van der Waals surface area contributed by atoms with Crippen molar-refractivity contribution in [2.45, 2.75) is 220 Å². The Morgan fingerprint density at radius 3 is 1.05 bits per heavy atom. The lowest BCUT2D eigenvalue weighted by atomic mass is 10.1. The zero-order chi connectivity index (χ0) is 39.5. The smallest absolute Gasteiger partial charge is 0.224 e. The Morgan fingerprint density at radius 2 is 0.727 bits per heavy atom. The van der Waals surface area contributed by atoms with Crippen molar-refractivity contribution in [1.82, 2.24) is 4.57 Å². The van der Waals surface area contributed by atoms with Crippen LogP contribution in [0.1, 0.15) is 213 Å². The summed E-state index contributed by atoms with van der Waals surface area (Å²) < 4.78 is 4.24. The summed E-state index contributed by atoms with van der Waals surface area (Å²) in [5.74, 6) is 0.147. The quantitative estimate of drug-likeness (QED) is 0.0599. The number of amides is 2. The summed E-state index contributed by atoms with van der Waals surface area (Å²) >= 11 is 7.64. The molecule has 0 spiro atoms. The van der Waals surface area contributed by atoms with E-state index in [-0.39, 0.29) is 11.8 Å². The van der Waals surface area contributed by atoms with Gasteiger partial charge < -0.3 is 15.2 Å². The van der Waals surface area contributed by atoms with Gasteiger partial charge in [0.05, 0.1) is 22.4 Å². The predicted octanol–water partition coefficient (Wildman–Crippen LogP) is 17.0. The van der Waals surface area contributed by atoms with Gasteiger partial charge in [0.2, 0.25) is 11.8 Å². The van der Waals surface area contributed by atoms with Gasteiger partial charge in [0.1, 0.15) is 0 Å². The molecule has 3 rings (SSSR count). The van der Waals surface area contributed by atoms with Crippen LogP contribution in [-0.4, -0.2) is 16.4 Å². The molecule has 1 heterocycles. The standard InChI is InChI=1S/C48H77Br2N3O2/c1-4-7-10-13-16-19-22-25-28-31-34-53-45-37-41(49)43(51-47(54)32-29-26-23-20-17-14-11-8-5-2)35-39(45)40-36-44(42(50)38-46(40)53)52-48(55)33-30-27-24-21-18-15-12-9-6-3/h35-38H,4-34H2,1-3H3,(H,51,54)(H,52,55). The normalized spacial score (nSPS) is 11.6. The molecule has 0 saturated heterocycles. The van der Waals surface area contributed by atoms with Gasteiger partial charge in [0.15, 0.2) is 0 Å². The molecular formula is C48H77Br2N3O2. The Hall–Kier alpha value is -1.86. The first-order chi connectivity index (χ1) is 26.9. The van der Waals surface area contributed by atoms with Crippen molar-refractivity contribution in [1.29, 1.82) is 0 Å². The number of hydrogen-bond acceptors (Lipinski definition) is 2. The molecule has 0 aliphatic rings. The van der Waals surface area contributed by atoms with Crippen LogP contribution in [-0.2, 0) is 16.1 Å². The van der Waals surface area contributed by atoms with Gasteiger partial charge in [-0.15, -0.1) is 0 Å². The number of benzene rings is 2. The van der Waals surface area contributed by atoms with Crippen molar-refractivity contribution < 1.29 is 9.59 Å². The lowest BCUT2D eigenvalue weighted by Crippen LogP contribution is -2.11. The highest BCUT2D eigenvalue weighted by Crippen LogP contribution is 2.39. The number of unbranched alkanes of at least 4 members (excludes halogenated alkanes) is 25. The molecule has 0 aliphatic carbocycles. The van der Waals surface area contributed by atoms with Crippen LogP contribution in [0.5, 0.6) is 0 Å². The molecule has 0 bridgehead atoms. The average molecular weight is 888 g/mol. The minimum atomic E-state index is 0.0734. The summed E-state index contributed by atoms with van der Waals surface area (Å²) in [5.41, 5.74) is 3.93. The van der Waals surface area contributed by atoms with Gasteiger partial charge in [-0.05, 0) is 75.4 Å². The molecule has 7 heteroatoms. The van der Waals surface area contributed by atoms with Gasteiger partial charge >= 0.3 is 0 Å². The molecule has 0 aliphatic heterocycles. The van der Waals surface area contributed by atoms with Gasteiger partial charge in [-0.25, -0.2) is 0 Å². The number of aromatic nitrogens is 1. The maximum atomic E-state index is 13.1. The lowest BCUT2D eigenvalue weighted by molar-refractivity contribution is -0.117. The zero-order valence-electron chi connectivity index (χ0n) is 35.2. The van der Waals surface area contributed by atoms with Crippen molar-refractivity contribution in [2.75, 3.05) is 10.6 Å². The molecule has 0 saturated carbocycles. The number of nitrogens with one attached hydrogen (secondary N) is 2. The second-order valence-electron chi connectivity index (χ2n) is 16.3. The molecule has 3 aromatic rings. The Kier molecular flexibility index (Phi) is 25.4. The molecule has 310 valence electrons. The van der Waals surface area contributed by atoms with Crippen molar-refractivity contribution in [2.24, 2.45) is 0 Å². The fourth-order valence-electron chi connectivity index (χ4n) is 7.94. The minimum absolute atomic E-state index is 0.0734. The largest absolute Gasteiger partial charge is 0.340 e. The molecule has 1 aromatic heterocycles. The third-order valence-corrected chi connectivity index (χ3v) is 12.7. The van der Waals surface area contributed by atoms with E-state index in [0.29, 0.717) is 12.8 Å². The maximum absolute atomic E-state index is 13.1. The van der Waals surface area contributed by atoms with Crippen molar-refractivity contribution in [3.05, 3.63) is 33.2 Å². The fraction of sp³-hybridized carbons (Fsp3) is 0.708. The summed E-state index contributed by atoms with van der Waals surface area (Å²) in [6, 6.07) is 8.62. The maximum Gasteiger partial charge on any atom is 0.224 e. The van der Waals surface area contributed by atoms with Crippen LogP contribution < -0.4 is 10.6 Å². The number of carbonyl (C=O) groups excluding carboxylic acids is 2. The van der Waals surface area contributed by atoms with Crippen LogP contribution in [0.4, 0.5) is 11.4 Å². The van der Waals surface area contributed by atoms with E-state index in [1.54, 1.807) is 0 Å². The first kappa shape index (κ1) is 47.5. The van der Waals surface area contributed by atoms with Crippen LogP contribution in [0, 0.1) is 0 Å². The number of anilines is 2. The Morgan fingerprint density at radius 1 is 0.436 bits per heavy atom. The molecule has 0 fully saturated rings. The Labute approximate surface area is 353 Å². The number of rotatable bonds is 33. The summed E-state index contributed by atoms with van der Waals surface area (Å²) in [6.07, 6.45) is 36.5. The van der Waals surface area contributed by atoms with Crippen molar-refractivity contribution in [3.8, 4) is 0 Å². The highest BCUT2D eigenvalue weighted by Gasteiger charge is 2.18. The van der Waals surface area contributed by atoms with Crippen LogP contribution in [0.15, 0.2) is 33.2 Å². The summed E-state index contributed by atoms with van der Waals surface area (Å²) in [4.78, 5) is 26.2. The number of aryl methyl sites for hydroxylation is 1. The molecule has 2 amide bonds. The van der Waals surface area contributed by atoms with Gasteiger partial charge in [0.25, 0.3) is 0 Å². The molecule has 0 unspecified atom stereocenters. The van der Waals surface area contributed by atoms with Crippen LogP contribution in [0.3, 0.4) is 0 Å². The molecule has 0 radical (unpaired) electrons. The van der Waals surface area contributed by atoms with Crippen molar-refractivity contribution in [3.63, 3.8) is 0 Å². The molecule has 2 aromatic carbocycles. The summed E-state index contributed by atoms with van der Waals surface area (Å²) in [7, 11) is 0. The molecule has 2 N–H and O–H groups in total. The third-order valence-electron chi connectivity index (χ3n) is 11.3. The van der Waals surface area contributed by atoms with E-state index in [2.05, 4.69) is 92.1 Å². The molecule has 55 heavy (non-hydrogen) atoms. The third kappa shape index (κ3) is 18.5. The first-order valence-electron chi connectivity index (χ1n) is 22.9. The highest BCUT2D eigenvalue weighted by molar-refractivity contribution is 9.11. The second kappa shape index (κ2) is 29.4. The van der Waals surface area contributed by atoms with E-state index in [1.165, 1.54) is 148 Å². The number of halogens is 2. The lowest BCUT2D eigenvalue weighted by Gasteiger charge is -2.11. The Balaban J connectivity index is 1.67. The van der Waals surface area contributed by atoms with E-state index < -0.39 is 0 Å². The average Bonchev–Trinajstić information content (AvgIpc) is 3.44. The topological polar surface area (TPSA) is 63.1 Å². The van der Waals surface area contributed by atoms with Gasteiger partial charge in [0, 0.05) is 39.1 Å². The fourth-order valence-corrected chi connectivity index (χ4v) is 8.80. The molecule has 0 atom stereocenters. The number of fused-ring (bicyclic) bond motifs is 3. The SMILES string of the molecule is CCCCCCCCCCCCn1c2cc(Br)c(NC(=O)CCCCCCCCCCC)cc2c2cc(NC(=O)CCCCCCCCCCC)c(Br)cc21. The van der Waals surface area contributed by atoms with E-state index in [0.717, 1.165) is 80.8 Å². The van der Waals surface area contributed by atoms with Crippen molar-refractivity contribution >= 4 is 76.9 Å². The molecule has 5 nitrogen and oxygen atoms in total. The van der Waals surface area contributed by atoms with Crippen LogP contribution >= 0.6 is 31.9 Å². The number of nitrogens with zero attached hydrogens (tertiary/aromatic N) is 1. The van der Waals surface area contributed by atoms with Crippen LogP contribution in [0.25, 0.3) is 21.8 Å². The van der Waals surface area contributed by atoms with E-state index >= 15 is 0 Å². The summed E-state index contributed by atoms with van der Waals surface area (Å²) in [5, 5.41) is 8.65. The van der Waals surface area contributed by atoms with Gasteiger partial charge in [-0.3, -0.25) is 9.59 Å². The predicted molar refractivity (Wildman–Crippen MR) is 248 cm³/mol. The summed E-state index contributed by atoms with van der Waals surface area (Å²) in [6.45, 7) is 7.73. The molecular weight excluding hydrogens is 810 g/mol. The monoisotopic (exact) mass is 885 g/mol. The number of hydrogen-bond donors (Lipinski definition) is 2. The number of carbonyl (C=O) groups is 2. The van der Waals surface area contributed by atoms with E-state index in [9.17, 15) is 9.59 Å². The zero-order valence-corrected chi connectivity index (χ0v) is 38.4. The van der Waals surface area contributed by atoms with Gasteiger partial charge in [-0.2, -0.15) is 0 Å².